The van der Waals surface area contributed by atoms with Gasteiger partial charge in [-0.25, -0.2) is 5.10 Å². The molecule has 0 saturated carbocycles. The average molecular weight is 374 g/mol. The molecule has 6 heteroatoms. The minimum Gasteiger partial charge on any atom is -0.354 e. The molecule has 4 aromatic rings. The van der Waals surface area contributed by atoms with Gasteiger partial charge in [0.05, 0.1) is 11.7 Å². The van der Waals surface area contributed by atoms with Crippen LogP contribution in [-0.2, 0) is 4.79 Å². The first kappa shape index (κ1) is 18.0. The summed E-state index contributed by atoms with van der Waals surface area (Å²) in [6, 6.07) is 17.2. The van der Waals surface area contributed by atoms with Crippen LogP contribution < -0.4 is 10.9 Å². The molecule has 0 aliphatic heterocycles. The van der Waals surface area contributed by atoms with E-state index in [0.717, 1.165) is 16.3 Å². The third-order valence-corrected chi connectivity index (χ3v) is 5.24. The molecule has 2 heterocycles. The first-order valence-electron chi connectivity index (χ1n) is 9.37. The van der Waals surface area contributed by atoms with E-state index in [4.69, 9.17) is 0 Å². The van der Waals surface area contributed by atoms with Crippen LogP contribution in [0.3, 0.4) is 0 Å². The number of para-hydroxylation sites is 1. The highest BCUT2D eigenvalue weighted by molar-refractivity contribution is 6.08. The molecule has 6 nitrogen and oxygen atoms in total. The van der Waals surface area contributed by atoms with E-state index in [0.29, 0.717) is 12.1 Å². The molecule has 0 aliphatic rings. The summed E-state index contributed by atoms with van der Waals surface area (Å²) in [4.78, 5) is 25.4. The summed E-state index contributed by atoms with van der Waals surface area (Å²) in [6.07, 6.45) is 1.64. The van der Waals surface area contributed by atoms with Gasteiger partial charge in [0.1, 0.15) is 11.6 Å². The summed E-state index contributed by atoms with van der Waals surface area (Å²) in [5.41, 5.74) is 2.19. The standard InChI is InChI=1S/C22H22N4O2/c1-14(16-8-4-3-5-9-16)12-23-21(27)15(2)26-19-11-7-6-10-17(19)18-13-24-25-22(28)20(18)26/h3-11,13-15H,12H2,1-2H3,(H,23,27)(H,25,28). The van der Waals surface area contributed by atoms with Gasteiger partial charge in [-0.2, -0.15) is 5.10 Å². The molecule has 0 aliphatic carbocycles. The van der Waals surface area contributed by atoms with Gasteiger partial charge in [0, 0.05) is 17.3 Å². The summed E-state index contributed by atoms with van der Waals surface area (Å²) in [7, 11) is 0. The molecule has 2 aromatic heterocycles. The van der Waals surface area contributed by atoms with Crippen LogP contribution in [-0.4, -0.2) is 27.2 Å². The van der Waals surface area contributed by atoms with E-state index in [9.17, 15) is 9.59 Å². The number of aromatic amines is 1. The van der Waals surface area contributed by atoms with Crippen molar-refractivity contribution in [3.63, 3.8) is 0 Å². The monoisotopic (exact) mass is 374 g/mol. The fraction of sp³-hybridized carbons (Fsp3) is 0.227. The Morgan fingerprint density at radius 1 is 1.07 bits per heavy atom. The summed E-state index contributed by atoms with van der Waals surface area (Å²) in [6.45, 7) is 4.42. The maximum Gasteiger partial charge on any atom is 0.288 e. The van der Waals surface area contributed by atoms with Gasteiger partial charge in [-0.05, 0) is 24.5 Å². The number of hydrogen-bond acceptors (Lipinski definition) is 3. The largest absolute Gasteiger partial charge is 0.354 e. The van der Waals surface area contributed by atoms with Gasteiger partial charge in [-0.15, -0.1) is 0 Å². The number of rotatable bonds is 5. The van der Waals surface area contributed by atoms with Gasteiger partial charge >= 0.3 is 0 Å². The lowest BCUT2D eigenvalue weighted by Crippen LogP contribution is -2.34. The number of benzene rings is 2. The maximum absolute atomic E-state index is 12.9. The van der Waals surface area contributed by atoms with Gasteiger partial charge in [0.2, 0.25) is 5.91 Å². The van der Waals surface area contributed by atoms with Crippen LogP contribution in [0, 0.1) is 0 Å². The molecule has 1 amide bonds. The summed E-state index contributed by atoms with van der Waals surface area (Å²) in [5, 5.41) is 11.1. The molecule has 0 spiro atoms. The molecule has 2 atom stereocenters. The van der Waals surface area contributed by atoms with Gasteiger partial charge in [0.15, 0.2) is 0 Å². The number of H-pyrrole nitrogens is 1. The molecule has 2 N–H and O–H groups in total. The van der Waals surface area contributed by atoms with Crippen LogP contribution in [0.15, 0.2) is 65.6 Å². The second kappa shape index (κ2) is 7.31. The number of carbonyl (C=O) groups is 1. The van der Waals surface area contributed by atoms with E-state index < -0.39 is 6.04 Å². The first-order chi connectivity index (χ1) is 13.6. The first-order valence-corrected chi connectivity index (χ1v) is 9.37. The average Bonchev–Trinajstić information content (AvgIpc) is 3.07. The van der Waals surface area contributed by atoms with Crippen LogP contribution >= 0.6 is 0 Å². The summed E-state index contributed by atoms with van der Waals surface area (Å²) < 4.78 is 1.80. The molecule has 142 valence electrons. The van der Waals surface area contributed by atoms with Gasteiger partial charge in [-0.1, -0.05) is 55.5 Å². The van der Waals surface area contributed by atoms with Crippen molar-refractivity contribution in [2.75, 3.05) is 6.54 Å². The lowest BCUT2D eigenvalue weighted by Gasteiger charge is -2.18. The van der Waals surface area contributed by atoms with E-state index >= 15 is 0 Å². The highest BCUT2D eigenvalue weighted by atomic mass is 16.2. The minimum atomic E-state index is -0.533. The Kier molecular flexibility index (Phi) is 4.69. The maximum atomic E-state index is 12.9. The van der Waals surface area contributed by atoms with Crippen molar-refractivity contribution in [3.8, 4) is 0 Å². The van der Waals surface area contributed by atoms with Crippen molar-refractivity contribution >= 4 is 27.7 Å². The topological polar surface area (TPSA) is 79.8 Å². The molecular formula is C22H22N4O2. The molecule has 0 saturated heterocycles. The van der Waals surface area contributed by atoms with Crippen molar-refractivity contribution in [1.82, 2.24) is 20.1 Å². The van der Waals surface area contributed by atoms with E-state index in [-0.39, 0.29) is 17.4 Å². The fourth-order valence-corrected chi connectivity index (χ4v) is 3.68. The number of carbonyl (C=O) groups excluding carboxylic acids is 1. The quantitative estimate of drug-likeness (QED) is 0.562. The number of amides is 1. The van der Waals surface area contributed by atoms with E-state index in [1.807, 2.05) is 49.4 Å². The van der Waals surface area contributed by atoms with E-state index in [1.165, 1.54) is 5.56 Å². The molecule has 0 fully saturated rings. The third kappa shape index (κ3) is 3.07. The minimum absolute atomic E-state index is 0.123. The second-order valence-electron chi connectivity index (χ2n) is 7.08. The third-order valence-electron chi connectivity index (χ3n) is 5.24. The van der Waals surface area contributed by atoms with Crippen molar-refractivity contribution in [2.45, 2.75) is 25.8 Å². The van der Waals surface area contributed by atoms with Crippen molar-refractivity contribution < 1.29 is 4.79 Å². The molecule has 0 radical (unpaired) electrons. The predicted molar refractivity (Wildman–Crippen MR) is 110 cm³/mol. The smallest absolute Gasteiger partial charge is 0.288 e. The Balaban J connectivity index is 1.65. The lowest BCUT2D eigenvalue weighted by molar-refractivity contribution is -0.123. The van der Waals surface area contributed by atoms with Gasteiger partial charge in [-0.3, -0.25) is 9.59 Å². The van der Waals surface area contributed by atoms with Gasteiger partial charge < -0.3 is 9.88 Å². The van der Waals surface area contributed by atoms with E-state index in [1.54, 1.807) is 10.8 Å². The zero-order valence-corrected chi connectivity index (χ0v) is 15.8. The molecule has 4 rings (SSSR count). The number of aromatic nitrogens is 3. The van der Waals surface area contributed by atoms with Crippen LogP contribution in [0.2, 0.25) is 0 Å². The fourth-order valence-electron chi connectivity index (χ4n) is 3.68. The zero-order chi connectivity index (χ0) is 19.7. The molecule has 0 bridgehead atoms. The van der Waals surface area contributed by atoms with Crippen molar-refractivity contribution in [1.29, 1.82) is 0 Å². The van der Waals surface area contributed by atoms with E-state index in [2.05, 4.69) is 34.6 Å². The predicted octanol–water partition coefficient (Wildman–Crippen LogP) is 3.36. The second-order valence-corrected chi connectivity index (χ2v) is 7.08. The Bertz CT molecular complexity index is 1190. The normalized spacial score (nSPS) is 13.5. The molecule has 2 aromatic carbocycles. The molecular weight excluding hydrogens is 352 g/mol. The van der Waals surface area contributed by atoms with Crippen LogP contribution in [0.1, 0.15) is 31.4 Å². The van der Waals surface area contributed by atoms with Crippen LogP contribution in [0.25, 0.3) is 21.8 Å². The Hall–Kier alpha value is -3.41. The Morgan fingerprint density at radius 2 is 1.79 bits per heavy atom. The summed E-state index contributed by atoms with van der Waals surface area (Å²) in [5.74, 6) is 0.0738. The highest BCUT2D eigenvalue weighted by Crippen LogP contribution is 2.29. The van der Waals surface area contributed by atoms with Crippen molar-refractivity contribution in [2.24, 2.45) is 0 Å². The Labute approximate surface area is 162 Å². The number of hydrogen-bond donors (Lipinski definition) is 2. The summed E-state index contributed by atoms with van der Waals surface area (Å²) >= 11 is 0. The number of nitrogens with one attached hydrogen (secondary N) is 2. The molecule has 2 unspecified atom stereocenters. The highest BCUT2D eigenvalue weighted by Gasteiger charge is 2.22. The van der Waals surface area contributed by atoms with Crippen LogP contribution in [0.4, 0.5) is 0 Å². The van der Waals surface area contributed by atoms with Gasteiger partial charge in [0.25, 0.3) is 5.56 Å². The lowest BCUT2D eigenvalue weighted by atomic mass is 10.0. The Morgan fingerprint density at radius 3 is 2.57 bits per heavy atom. The number of fused-ring (bicyclic) bond motifs is 3. The molecule has 28 heavy (non-hydrogen) atoms. The number of nitrogens with zero attached hydrogens (tertiary/aromatic N) is 2. The SMILES string of the molecule is CC(CNC(=O)C(C)n1c2ccccc2c2cn[nH]c(=O)c21)c1ccccc1. The van der Waals surface area contributed by atoms with Crippen molar-refractivity contribution in [3.05, 3.63) is 76.7 Å². The zero-order valence-electron chi connectivity index (χ0n) is 15.8. The van der Waals surface area contributed by atoms with Crippen LogP contribution in [0.5, 0.6) is 0 Å².